The summed E-state index contributed by atoms with van der Waals surface area (Å²) in [6.07, 6.45) is 11.2. The minimum absolute atomic E-state index is 0.124. The zero-order valence-corrected chi connectivity index (χ0v) is 10.2. The molecule has 0 bridgehead atoms. The Kier molecular flexibility index (Phi) is 8.46. The normalized spacial score (nSPS) is 14.5. The Morgan fingerprint density at radius 3 is 2.60 bits per heavy atom. The molecule has 0 saturated carbocycles. The van der Waals surface area contributed by atoms with Crippen LogP contribution in [0, 0.1) is 12.3 Å². The zero-order chi connectivity index (χ0) is 11.6. The largest absolute Gasteiger partial charge is 0.380 e. The quantitative estimate of drug-likeness (QED) is 0.470. The van der Waals surface area contributed by atoms with E-state index in [1.165, 1.54) is 0 Å². The van der Waals surface area contributed by atoms with Crippen LogP contribution in [0.4, 0.5) is 0 Å². The van der Waals surface area contributed by atoms with E-state index in [-0.39, 0.29) is 5.54 Å². The summed E-state index contributed by atoms with van der Waals surface area (Å²) in [6.45, 7) is 5.74. The molecular weight excluding hydrogens is 186 g/mol. The summed E-state index contributed by atoms with van der Waals surface area (Å²) in [4.78, 5) is 0. The lowest BCUT2D eigenvalue weighted by molar-refractivity contribution is 0.0764. The summed E-state index contributed by atoms with van der Waals surface area (Å²) in [6, 6.07) is 0. The van der Waals surface area contributed by atoms with E-state index in [4.69, 9.17) is 16.9 Å². The second kappa shape index (κ2) is 8.76. The maximum Gasteiger partial charge on any atom is 0.0646 e. The fourth-order valence-electron chi connectivity index (χ4n) is 1.56. The van der Waals surface area contributed by atoms with E-state index in [9.17, 15) is 0 Å². The van der Waals surface area contributed by atoms with Gasteiger partial charge in [-0.25, -0.2) is 0 Å². The SMILES string of the molecule is C#CCCCCOCC(N)(CC)CCC. The van der Waals surface area contributed by atoms with E-state index < -0.39 is 0 Å². The van der Waals surface area contributed by atoms with Gasteiger partial charge in [0.05, 0.1) is 6.61 Å². The van der Waals surface area contributed by atoms with Crippen LogP contribution in [0.5, 0.6) is 0 Å². The highest BCUT2D eigenvalue weighted by molar-refractivity contribution is 4.83. The molecule has 2 heteroatoms. The van der Waals surface area contributed by atoms with Gasteiger partial charge in [0.2, 0.25) is 0 Å². The van der Waals surface area contributed by atoms with Crippen LogP contribution in [0.15, 0.2) is 0 Å². The molecule has 15 heavy (non-hydrogen) atoms. The van der Waals surface area contributed by atoms with Gasteiger partial charge in [-0.1, -0.05) is 20.3 Å². The number of unbranched alkanes of at least 4 members (excludes halogenated alkanes) is 2. The summed E-state index contributed by atoms with van der Waals surface area (Å²) in [5.74, 6) is 2.63. The van der Waals surface area contributed by atoms with Gasteiger partial charge < -0.3 is 10.5 Å². The van der Waals surface area contributed by atoms with E-state index in [0.717, 1.165) is 45.1 Å². The molecule has 0 aromatic heterocycles. The molecule has 0 saturated heterocycles. The van der Waals surface area contributed by atoms with E-state index in [1.807, 2.05) is 0 Å². The Hall–Kier alpha value is -0.520. The van der Waals surface area contributed by atoms with Crippen molar-refractivity contribution in [3.8, 4) is 12.3 Å². The van der Waals surface area contributed by atoms with Crippen molar-refractivity contribution in [3.05, 3.63) is 0 Å². The number of rotatable bonds is 9. The van der Waals surface area contributed by atoms with Gasteiger partial charge in [0.15, 0.2) is 0 Å². The van der Waals surface area contributed by atoms with Crippen LogP contribution < -0.4 is 5.73 Å². The van der Waals surface area contributed by atoms with Crippen molar-refractivity contribution in [1.82, 2.24) is 0 Å². The van der Waals surface area contributed by atoms with E-state index >= 15 is 0 Å². The van der Waals surface area contributed by atoms with Crippen molar-refractivity contribution in [2.24, 2.45) is 5.73 Å². The second-order valence-corrected chi connectivity index (χ2v) is 4.18. The minimum Gasteiger partial charge on any atom is -0.380 e. The third-order valence-electron chi connectivity index (χ3n) is 2.70. The molecule has 88 valence electrons. The third kappa shape index (κ3) is 7.41. The molecule has 0 rings (SSSR count). The van der Waals surface area contributed by atoms with Gasteiger partial charge in [0.1, 0.15) is 0 Å². The summed E-state index contributed by atoms with van der Waals surface area (Å²) in [5, 5.41) is 0. The van der Waals surface area contributed by atoms with Gasteiger partial charge in [-0.15, -0.1) is 12.3 Å². The van der Waals surface area contributed by atoms with Crippen molar-refractivity contribution in [1.29, 1.82) is 0 Å². The second-order valence-electron chi connectivity index (χ2n) is 4.18. The Labute approximate surface area is 94.6 Å². The third-order valence-corrected chi connectivity index (χ3v) is 2.70. The lowest BCUT2D eigenvalue weighted by atomic mass is 9.93. The number of terminal acetylenes is 1. The first-order valence-electron chi connectivity index (χ1n) is 5.98. The topological polar surface area (TPSA) is 35.2 Å². The number of hydrogen-bond donors (Lipinski definition) is 1. The smallest absolute Gasteiger partial charge is 0.0646 e. The Morgan fingerprint density at radius 1 is 1.33 bits per heavy atom. The molecule has 0 amide bonds. The van der Waals surface area contributed by atoms with Crippen molar-refractivity contribution < 1.29 is 4.74 Å². The van der Waals surface area contributed by atoms with Crippen molar-refractivity contribution >= 4 is 0 Å². The Morgan fingerprint density at radius 2 is 2.07 bits per heavy atom. The molecular formula is C13H25NO. The van der Waals surface area contributed by atoms with Crippen molar-refractivity contribution in [2.45, 2.75) is 57.9 Å². The predicted molar refractivity (Wildman–Crippen MR) is 65.6 cm³/mol. The predicted octanol–water partition coefficient (Wildman–Crippen LogP) is 2.71. The fourth-order valence-corrected chi connectivity index (χ4v) is 1.56. The molecule has 0 spiro atoms. The van der Waals surface area contributed by atoms with E-state index in [2.05, 4.69) is 19.8 Å². The molecule has 0 aromatic rings. The monoisotopic (exact) mass is 211 g/mol. The van der Waals surface area contributed by atoms with Crippen molar-refractivity contribution in [2.75, 3.05) is 13.2 Å². The lowest BCUT2D eigenvalue weighted by Gasteiger charge is -2.27. The molecule has 2 nitrogen and oxygen atoms in total. The highest BCUT2D eigenvalue weighted by Crippen LogP contribution is 2.14. The number of nitrogens with two attached hydrogens (primary N) is 1. The fraction of sp³-hybridized carbons (Fsp3) is 0.846. The van der Waals surface area contributed by atoms with Crippen LogP contribution in [-0.4, -0.2) is 18.8 Å². The Bertz CT molecular complexity index is 185. The molecule has 0 aliphatic heterocycles. The average molecular weight is 211 g/mol. The molecule has 1 atom stereocenters. The average Bonchev–Trinajstić information content (AvgIpc) is 2.24. The summed E-state index contributed by atoms with van der Waals surface area (Å²) >= 11 is 0. The maximum atomic E-state index is 6.19. The van der Waals surface area contributed by atoms with Crippen LogP contribution >= 0.6 is 0 Å². The Balaban J connectivity index is 3.51. The zero-order valence-electron chi connectivity index (χ0n) is 10.2. The maximum absolute atomic E-state index is 6.19. The van der Waals surface area contributed by atoms with Gasteiger partial charge in [0.25, 0.3) is 0 Å². The minimum atomic E-state index is -0.124. The molecule has 0 radical (unpaired) electrons. The van der Waals surface area contributed by atoms with Gasteiger partial charge in [-0.2, -0.15) is 0 Å². The van der Waals surface area contributed by atoms with Gasteiger partial charge in [-0.05, 0) is 25.7 Å². The molecule has 0 aliphatic carbocycles. The van der Waals surface area contributed by atoms with Crippen LogP contribution in [0.2, 0.25) is 0 Å². The highest BCUT2D eigenvalue weighted by atomic mass is 16.5. The lowest BCUT2D eigenvalue weighted by Crippen LogP contribution is -2.43. The number of hydrogen-bond acceptors (Lipinski definition) is 2. The van der Waals surface area contributed by atoms with Gasteiger partial charge >= 0.3 is 0 Å². The first-order valence-corrected chi connectivity index (χ1v) is 5.98. The summed E-state index contributed by atoms with van der Waals surface area (Å²) in [5.41, 5.74) is 6.07. The van der Waals surface area contributed by atoms with Gasteiger partial charge in [0, 0.05) is 18.6 Å². The summed E-state index contributed by atoms with van der Waals surface area (Å²) in [7, 11) is 0. The van der Waals surface area contributed by atoms with Gasteiger partial charge in [-0.3, -0.25) is 0 Å². The highest BCUT2D eigenvalue weighted by Gasteiger charge is 2.21. The molecule has 0 aromatic carbocycles. The molecule has 1 unspecified atom stereocenters. The van der Waals surface area contributed by atoms with Crippen LogP contribution in [0.1, 0.15) is 52.4 Å². The van der Waals surface area contributed by atoms with E-state index in [0.29, 0.717) is 6.61 Å². The molecule has 0 heterocycles. The van der Waals surface area contributed by atoms with Crippen molar-refractivity contribution in [3.63, 3.8) is 0 Å². The standard InChI is InChI=1S/C13H25NO/c1-4-7-8-9-11-15-12-13(14,6-3)10-5-2/h1H,5-12,14H2,2-3H3. The number of ether oxygens (including phenoxy) is 1. The first kappa shape index (κ1) is 14.5. The summed E-state index contributed by atoms with van der Waals surface area (Å²) < 4.78 is 5.60. The molecule has 0 fully saturated rings. The first-order chi connectivity index (χ1) is 7.18. The van der Waals surface area contributed by atoms with Crippen LogP contribution in [-0.2, 0) is 4.74 Å². The van der Waals surface area contributed by atoms with Crippen LogP contribution in [0.25, 0.3) is 0 Å². The molecule has 0 aliphatic rings. The van der Waals surface area contributed by atoms with Crippen LogP contribution in [0.3, 0.4) is 0 Å². The molecule has 2 N–H and O–H groups in total. The van der Waals surface area contributed by atoms with E-state index in [1.54, 1.807) is 0 Å².